The van der Waals surface area contributed by atoms with Crippen molar-refractivity contribution in [3.63, 3.8) is 0 Å². The van der Waals surface area contributed by atoms with Crippen LogP contribution in [0.3, 0.4) is 0 Å². The Kier molecular flexibility index (Phi) is 4.96. The van der Waals surface area contributed by atoms with E-state index >= 15 is 0 Å². The Morgan fingerprint density at radius 1 is 1.00 bits per heavy atom. The number of nitrogens with zero attached hydrogens (tertiary/aromatic N) is 1. The highest BCUT2D eigenvalue weighted by Crippen LogP contribution is 2.21. The lowest BCUT2D eigenvalue weighted by molar-refractivity contribution is 0.414. The molecule has 0 amide bonds. The molecular formula is C20H20N2OS. The van der Waals surface area contributed by atoms with E-state index in [0.29, 0.717) is 11.7 Å². The number of fused-ring (bicyclic) bond motifs is 1. The number of benzene rings is 3. The van der Waals surface area contributed by atoms with E-state index in [2.05, 4.69) is 35.6 Å². The molecule has 122 valence electrons. The van der Waals surface area contributed by atoms with Gasteiger partial charge in [0.15, 0.2) is 5.11 Å². The van der Waals surface area contributed by atoms with Crippen molar-refractivity contribution >= 4 is 33.8 Å². The summed E-state index contributed by atoms with van der Waals surface area (Å²) in [5, 5.41) is 6.43. The van der Waals surface area contributed by atoms with Crippen LogP contribution >= 0.6 is 12.2 Å². The van der Waals surface area contributed by atoms with E-state index < -0.39 is 0 Å². The van der Waals surface area contributed by atoms with E-state index in [1.165, 1.54) is 10.8 Å². The third-order valence-electron chi connectivity index (χ3n) is 4.03. The maximum Gasteiger partial charge on any atom is 0.173 e. The molecule has 3 rings (SSSR count). The highest BCUT2D eigenvalue weighted by Gasteiger charge is 2.07. The normalized spacial score (nSPS) is 10.4. The minimum absolute atomic E-state index is 0.681. The molecule has 4 heteroatoms. The summed E-state index contributed by atoms with van der Waals surface area (Å²) in [6.45, 7) is 0.681. The molecule has 0 aliphatic heterocycles. The Labute approximate surface area is 147 Å². The fraction of sp³-hybridized carbons (Fsp3) is 0.150. The van der Waals surface area contributed by atoms with E-state index in [1.807, 2.05) is 48.3 Å². The molecule has 3 aromatic rings. The van der Waals surface area contributed by atoms with Crippen LogP contribution in [0.15, 0.2) is 66.7 Å². The highest BCUT2D eigenvalue weighted by atomic mass is 32.1. The van der Waals surface area contributed by atoms with Crippen molar-refractivity contribution in [1.29, 1.82) is 0 Å². The van der Waals surface area contributed by atoms with Gasteiger partial charge in [-0.05, 0) is 52.8 Å². The van der Waals surface area contributed by atoms with E-state index in [-0.39, 0.29) is 0 Å². The number of nitrogens with one attached hydrogen (secondary N) is 1. The Balaban J connectivity index is 1.66. The lowest BCUT2D eigenvalue weighted by Gasteiger charge is -2.21. The van der Waals surface area contributed by atoms with Crippen molar-refractivity contribution < 1.29 is 4.74 Å². The molecule has 1 N–H and O–H groups in total. The molecule has 0 bridgehead atoms. The zero-order valence-electron chi connectivity index (χ0n) is 13.8. The van der Waals surface area contributed by atoms with Crippen LogP contribution in [0.1, 0.15) is 5.56 Å². The highest BCUT2D eigenvalue weighted by molar-refractivity contribution is 7.80. The van der Waals surface area contributed by atoms with Crippen molar-refractivity contribution in [1.82, 2.24) is 5.32 Å². The molecule has 0 aromatic heterocycles. The standard InChI is InChI=1S/C20H20N2OS/c1-22(18-10-9-16-5-3-4-6-17(16)13-18)20(24)21-14-15-7-11-19(23-2)12-8-15/h3-13H,14H2,1-2H3,(H,21,24). The average Bonchev–Trinajstić information content (AvgIpc) is 2.65. The van der Waals surface area contributed by atoms with Gasteiger partial charge in [-0.25, -0.2) is 0 Å². The zero-order valence-corrected chi connectivity index (χ0v) is 14.6. The summed E-state index contributed by atoms with van der Waals surface area (Å²) in [7, 11) is 3.65. The van der Waals surface area contributed by atoms with Gasteiger partial charge in [-0.1, -0.05) is 42.5 Å². The third kappa shape index (κ3) is 3.66. The van der Waals surface area contributed by atoms with Crippen LogP contribution < -0.4 is 15.0 Å². The smallest absolute Gasteiger partial charge is 0.173 e. The molecule has 0 saturated carbocycles. The van der Waals surface area contributed by atoms with E-state index in [0.717, 1.165) is 17.0 Å². The summed E-state index contributed by atoms with van der Waals surface area (Å²) in [5.74, 6) is 0.856. The van der Waals surface area contributed by atoms with Gasteiger partial charge in [0, 0.05) is 19.3 Å². The molecule has 0 radical (unpaired) electrons. The summed E-state index contributed by atoms with van der Waals surface area (Å²) in [6.07, 6.45) is 0. The summed E-state index contributed by atoms with van der Waals surface area (Å²) in [4.78, 5) is 1.99. The molecule has 0 fully saturated rings. The molecule has 0 aliphatic rings. The molecule has 0 spiro atoms. The Hall–Kier alpha value is -2.59. The first-order chi connectivity index (χ1) is 11.7. The molecule has 0 unspecified atom stereocenters. The largest absolute Gasteiger partial charge is 0.497 e. The SMILES string of the molecule is COc1ccc(CNC(=S)N(C)c2ccc3ccccc3c2)cc1. The van der Waals surface area contributed by atoms with E-state index in [9.17, 15) is 0 Å². The number of rotatable bonds is 4. The molecule has 3 nitrogen and oxygen atoms in total. The second kappa shape index (κ2) is 7.32. The van der Waals surface area contributed by atoms with Crippen LogP contribution in [0.2, 0.25) is 0 Å². The number of methoxy groups -OCH3 is 1. The molecular weight excluding hydrogens is 316 g/mol. The van der Waals surface area contributed by atoms with Crippen LogP contribution in [0.25, 0.3) is 10.8 Å². The summed E-state index contributed by atoms with van der Waals surface area (Å²) in [5.41, 5.74) is 2.23. The second-order valence-corrected chi connectivity index (χ2v) is 5.98. The van der Waals surface area contributed by atoms with Crippen molar-refractivity contribution in [2.45, 2.75) is 6.54 Å². The molecule has 3 aromatic carbocycles. The van der Waals surface area contributed by atoms with Gasteiger partial charge in [0.05, 0.1) is 7.11 Å². The maximum absolute atomic E-state index is 5.52. The van der Waals surface area contributed by atoms with Gasteiger partial charge >= 0.3 is 0 Å². The molecule has 24 heavy (non-hydrogen) atoms. The second-order valence-electron chi connectivity index (χ2n) is 5.60. The van der Waals surface area contributed by atoms with Gasteiger partial charge in [-0.3, -0.25) is 0 Å². The van der Waals surface area contributed by atoms with Gasteiger partial charge in [-0.2, -0.15) is 0 Å². The van der Waals surface area contributed by atoms with Gasteiger partial charge in [0.2, 0.25) is 0 Å². The van der Waals surface area contributed by atoms with Crippen molar-refractivity contribution in [2.75, 3.05) is 19.1 Å². The predicted molar refractivity (Wildman–Crippen MR) is 105 cm³/mol. The topological polar surface area (TPSA) is 24.5 Å². The van der Waals surface area contributed by atoms with Crippen LogP contribution in [0, 0.1) is 0 Å². The Morgan fingerprint density at radius 3 is 2.42 bits per heavy atom. The van der Waals surface area contributed by atoms with Crippen molar-refractivity contribution in [3.05, 3.63) is 72.3 Å². The van der Waals surface area contributed by atoms with Gasteiger partial charge < -0.3 is 15.0 Å². The zero-order chi connectivity index (χ0) is 16.9. The summed E-state index contributed by atoms with van der Waals surface area (Å²) < 4.78 is 5.17. The summed E-state index contributed by atoms with van der Waals surface area (Å²) >= 11 is 5.52. The van der Waals surface area contributed by atoms with Crippen LogP contribution in [0.4, 0.5) is 5.69 Å². The minimum Gasteiger partial charge on any atom is -0.497 e. The first-order valence-electron chi connectivity index (χ1n) is 7.80. The van der Waals surface area contributed by atoms with Crippen LogP contribution in [0.5, 0.6) is 5.75 Å². The van der Waals surface area contributed by atoms with Crippen LogP contribution in [-0.4, -0.2) is 19.3 Å². The first-order valence-corrected chi connectivity index (χ1v) is 8.21. The number of hydrogen-bond acceptors (Lipinski definition) is 2. The number of hydrogen-bond donors (Lipinski definition) is 1. The Bertz CT molecular complexity index is 846. The van der Waals surface area contributed by atoms with Crippen LogP contribution in [-0.2, 0) is 6.54 Å². The molecule has 0 atom stereocenters. The third-order valence-corrected chi connectivity index (χ3v) is 4.45. The van der Waals surface area contributed by atoms with Crippen molar-refractivity contribution in [3.8, 4) is 5.75 Å². The first kappa shape index (κ1) is 16.3. The van der Waals surface area contributed by atoms with E-state index in [4.69, 9.17) is 17.0 Å². The van der Waals surface area contributed by atoms with Crippen molar-refractivity contribution in [2.24, 2.45) is 0 Å². The summed E-state index contributed by atoms with van der Waals surface area (Å²) in [6, 6.07) is 22.6. The maximum atomic E-state index is 5.52. The number of thiocarbonyl (C=S) groups is 1. The fourth-order valence-corrected chi connectivity index (χ4v) is 2.72. The Morgan fingerprint density at radius 2 is 1.71 bits per heavy atom. The lowest BCUT2D eigenvalue weighted by atomic mass is 10.1. The average molecular weight is 336 g/mol. The number of anilines is 1. The van der Waals surface area contributed by atoms with Gasteiger partial charge in [0.1, 0.15) is 5.75 Å². The lowest BCUT2D eigenvalue weighted by Crippen LogP contribution is -2.36. The monoisotopic (exact) mass is 336 g/mol. The predicted octanol–water partition coefficient (Wildman–Crippen LogP) is 4.36. The molecule has 0 heterocycles. The number of ether oxygens (including phenoxy) is 1. The van der Waals surface area contributed by atoms with E-state index in [1.54, 1.807) is 7.11 Å². The quantitative estimate of drug-likeness (QED) is 0.716. The van der Waals surface area contributed by atoms with Gasteiger partial charge in [0.25, 0.3) is 0 Å². The fourth-order valence-electron chi connectivity index (χ4n) is 2.54. The van der Waals surface area contributed by atoms with Gasteiger partial charge in [-0.15, -0.1) is 0 Å². The minimum atomic E-state index is 0.681. The molecule has 0 aliphatic carbocycles. The molecule has 0 saturated heterocycles.